The minimum absolute atomic E-state index is 0. The monoisotopic (exact) mass is 722 g/mol. The van der Waals surface area contributed by atoms with Crippen LogP contribution in [0.5, 0.6) is 0 Å². The van der Waals surface area contributed by atoms with Gasteiger partial charge in [0.2, 0.25) is 0 Å². The smallest absolute Gasteiger partial charge is 0.176 e. The quantitative estimate of drug-likeness (QED) is 0.0955. The summed E-state index contributed by atoms with van der Waals surface area (Å²) in [6.07, 6.45) is 27.1. The van der Waals surface area contributed by atoms with Crippen LogP contribution in [0.4, 0.5) is 0 Å². The minimum Gasteiger partial charge on any atom is -1.00 e. The van der Waals surface area contributed by atoms with Crippen LogP contribution in [0.3, 0.4) is 0 Å². The summed E-state index contributed by atoms with van der Waals surface area (Å²) in [4.78, 5) is 0. The van der Waals surface area contributed by atoms with Crippen molar-refractivity contribution in [1.29, 1.82) is 0 Å². The number of hydrogen-bond donors (Lipinski definition) is 0. The lowest BCUT2D eigenvalue weighted by molar-refractivity contribution is -0.696. The van der Waals surface area contributed by atoms with E-state index in [-0.39, 0.29) is 48.0 Å². The molecular weight excluding hydrogens is 678 g/mol. The maximum atomic E-state index is 2.35. The first kappa shape index (κ1) is 31.9. The van der Waals surface area contributed by atoms with Crippen LogP contribution in [-0.4, -0.2) is 0 Å². The van der Waals surface area contributed by atoms with Gasteiger partial charge in [0.25, 0.3) is 0 Å². The van der Waals surface area contributed by atoms with E-state index >= 15 is 0 Å². The predicted molar refractivity (Wildman–Crippen MR) is 148 cm³/mol. The second-order valence-electron chi connectivity index (χ2n) is 10.2. The molecule has 0 aliphatic heterocycles. The fourth-order valence-electron chi connectivity index (χ4n) is 5.17. The van der Waals surface area contributed by atoms with Gasteiger partial charge in [0.05, 0.1) is 0 Å². The Labute approximate surface area is 258 Å². The minimum atomic E-state index is 0. The summed E-state index contributed by atoms with van der Waals surface area (Å²) in [7, 11) is 0. The third-order valence-electron chi connectivity index (χ3n) is 7.33. The standard InChI is InChI=1S/C33H44N2.2HI/c1(2-4-6-8-10-16-24-34-26-22-30-18-12-14-20-32(30)28-34)3-5-7-9-11-17-25-35-27-23-31-19-13-15-21-33(31)29-35;;/h12-15,18-23,26-29H,1-11,16-17,24-25H2;2*1H/q+2;;/p-2. The normalized spacial score (nSPS) is 10.8. The second-order valence-corrected chi connectivity index (χ2v) is 10.2. The van der Waals surface area contributed by atoms with Crippen LogP contribution < -0.4 is 57.1 Å². The molecule has 0 saturated carbocycles. The maximum Gasteiger partial charge on any atom is 0.176 e. The van der Waals surface area contributed by atoms with Gasteiger partial charge >= 0.3 is 0 Å². The predicted octanol–water partition coefficient (Wildman–Crippen LogP) is 2.35. The van der Waals surface area contributed by atoms with E-state index in [0.29, 0.717) is 0 Å². The molecule has 0 saturated heterocycles. The first-order valence-electron chi connectivity index (χ1n) is 14.1. The molecule has 4 heteroatoms. The Morgan fingerprint density at radius 1 is 0.351 bits per heavy atom. The number of pyridine rings is 2. The molecule has 0 amide bonds. The fourth-order valence-corrected chi connectivity index (χ4v) is 5.17. The number of fused-ring (bicyclic) bond motifs is 2. The Morgan fingerprint density at radius 3 is 1.00 bits per heavy atom. The molecule has 0 radical (unpaired) electrons. The summed E-state index contributed by atoms with van der Waals surface area (Å²) < 4.78 is 4.70. The zero-order chi connectivity index (χ0) is 24.0. The van der Waals surface area contributed by atoms with E-state index < -0.39 is 0 Å². The Hall–Kier alpha value is -1.28. The third-order valence-corrected chi connectivity index (χ3v) is 7.33. The van der Waals surface area contributed by atoms with Gasteiger partial charge in [0.15, 0.2) is 24.8 Å². The lowest BCUT2D eigenvalue weighted by Gasteiger charge is -2.03. The lowest BCUT2D eigenvalue weighted by atomic mass is 10.0. The Morgan fingerprint density at radius 2 is 0.649 bits per heavy atom. The van der Waals surface area contributed by atoms with Gasteiger partial charge in [-0.1, -0.05) is 94.2 Å². The average molecular weight is 723 g/mol. The van der Waals surface area contributed by atoms with Gasteiger partial charge < -0.3 is 48.0 Å². The lowest BCUT2D eigenvalue weighted by Crippen LogP contribution is -3.00. The van der Waals surface area contributed by atoms with Gasteiger partial charge in [0.1, 0.15) is 13.1 Å². The number of aryl methyl sites for hydroxylation is 2. The van der Waals surface area contributed by atoms with Crippen molar-refractivity contribution in [2.75, 3.05) is 0 Å². The molecule has 0 aliphatic carbocycles. The maximum absolute atomic E-state index is 2.35. The van der Waals surface area contributed by atoms with Gasteiger partial charge in [-0.05, 0) is 35.7 Å². The van der Waals surface area contributed by atoms with Crippen molar-refractivity contribution in [2.45, 2.75) is 96.6 Å². The molecule has 200 valence electrons. The van der Waals surface area contributed by atoms with Crippen LogP contribution in [-0.2, 0) is 13.1 Å². The molecule has 0 atom stereocenters. The number of hydrogen-bond acceptors (Lipinski definition) is 0. The first-order chi connectivity index (χ1) is 17.4. The summed E-state index contributed by atoms with van der Waals surface area (Å²) in [5, 5.41) is 5.35. The van der Waals surface area contributed by atoms with Crippen molar-refractivity contribution in [3.05, 3.63) is 85.5 Å². The molecule has 2 aromatic carbocycles. The van der Waals surface area contributed by atoms with E-state index in [4.69, 9.17) is 0 Å². The van der Waals surface area contributed by atoms with Crippen LogP contribution in [0.2, 0.25) is 0 Å². The van der Waals surface area contributed by atoms with Gasteiger partial charge in [-0.3, -0.25) is 0 Å². The Kier molecular flexibility index (Phi) is 16.3. The van der Waals surface area contributed by atoms with Crippen LogP contribution in [0, 0.1) is 0 Å². The summed E-state index contributed by atoms with van der Waals surface area (Å²) in [5.41, 5.74) is 0. The number of rotatable bonds is 16. The molecule has 37 heavy (non-hydrogen) atoms. The zero-order valence-corrected chi connectivity index (χ0v) is 26.7. The van der Waals surface area contributed by atoms with E-state index in [0.717, 1.165) is 13.1 Å². The van der Waals surface area contributed by atoms with Crippen molar-refractivity contribution >= 4 is 21.5 Å². The van der Waals surface area contributed by atoms with Gasteiger partial charge in [-0.25, -0.2) is 9.13 Å². The highest BCUT2D eigenvalue weighted by molar-refractivity contribution is 5.80. The third kappa shape index (κ3) is 11.6. The molecule has 4 rings (SSSR count). The highest BCUT2D eigenvalue weighted by Gasteiger charge is 2.04. The molecule has 0 spiro atoms. The molecule has 0 unspecified atom stereocenters. The highest BCUT2D eigenvalue weighted by atomic mass is 127. The Bertz CT molecular complexity index is 1070. The largest absolute Gasteiger partial charge is 1.00 e. The van der Waals surface area contributed by atoms with Crippen molar-refractivity contribution < 1.29 is 57.1 Å². The average Bonchev–Trinajstić information content (AvgIpc) is 2.90. The van der Waals surface area contributed by atoms with E-state index in [1.165, 1.54) is 105 Å². The molecule has 0 fully saturated rings. The van der Waals surface area contributed by atoms with Crippen molar-refractivity contribution in [3.63, 3.8) is 0 Å². The molecule has 0 bridgehead atoms. The number of nitrogens with zero attached hydrogens (tertiary/aromatic N) is 2. The van der Waals surface area contributed by atoms with Gasteiger partial charge in [-0.2, -0.15) is 0 Å². The molecule has 2 nitrogen and oxygen atoms in total. The summed E-state index contributed by atoms with van der Waals surface area (Å²) in [5.74, 6) is 0. The SMILES string of the molecule is [I-].[I-].c1ccc2c[n+](CCCCCCCCCCCCCCC[n+]3ccc4ccccc4c3)ccc2c1. The number of halogens is 2. The summed E-state index contributed by atoms with van der Waals surface area (Å²) in [6, 6.07) is 21.7. The van der Waals surface area contributed by atoms with Crippen LogP contribution in [0.1, 0.15) is 83.5 Å². The van der Waals surface area contributed by atoms with E-state index in [2.05, 4.69) is 94.6 Å². The van der Waals surface area contributed by atoms with Gasteiger partial charge in [0, 0.05) is 35.7 Å². The second kappa shape index (κ2) is 18.9. The number of benzene rings is 2. The van der Waals surface area contributed by atoms with Crippen LogP contribution in [0.25, 0.3) is 21.5 Å². The number of unbranched alkanes of at least 4 members (excludes halogenated alkanes) is 12. The van der Waals surface area contributed by atoms with Gasteiger partial charge in [-0.15, -0.1) is 0 Å². The molecular formula is C33H44I2N2. The van der Waals surface area contributed by atoms with Crippen LogP contribution in [0.15, 0.2) is 85.5 Å². The van der Waals surface area contributed by atoms with Crippen molar-refractivity contribution in [1.82, 2.24) is 0 Å². The molecule has 4 aromatic rings. The van der Waals surface area contributed by atoms with E-state index in [9.17, 15) is 0 Å². The van der Waals surface area contributed by atoms with Crippen LogP contribution >= 0.6 is 0 Å². The fraction of sp³-hybridized carbons (Fsp3) is 0.455. The number of aromatic nitrogens is 2. The molecule has 0 N–H and O–H groups in total. The molecule has 0 aliphatic rings. The summed E-state index contributed by atoms with van der Waals surface area (Å²) >= 11 is 0. The van der Waals surface area contributed by atoms with Crippen molar-refractivity contribution in [3.8, 4) is 0 Å². The van der Waals surface area contributed by atoms with E-state index in [1.807, 2.05) is 0 Å². The topological polar surface area (TPSA) is 7.76 Å². The molecule has 2 heterocycles. The summed E-state index contributed by atoms with van der Waals surface area (Å²) in [6.45, 7) is 2.29. The molecule has 2 aromatic heterocycles. The van der Waals surface area contributed by atoms with Crippen molar-refractivity contribution in [2.24, 2.45) is 0 Å². The highest BCUT2D eigenvalue weighted by Crippen LogP contribution is 2.14. The van der Waals surface area contributed by atoms with E-state index in [1.54, 1.807) is 0 Å². The Balaban J connectivity index is 0.00000241. The zero-order valence-electron chi connectivity index (χ0n) is 22.3. The first-order valence-corrected chi connectivity index (χ1v) is 14.1.